The molecule has 3 heterocycles. The van der Waals surface area contributed by atoms with Crippen molar-refractivity contribution < 1.29 is 0 Å². The van der Waals surface area contributed by atoms with Crippen molar-refractivity contribution in [2.75, 3.05) is 0 Å². The second-order valence-electron chi connectivity index (χ2n) is 9.06. The number of hydrogen-bond acceptors (Lipinski definition) is 1. The Morgan fingerprint density at radius 2 is 1.24 bits per heavy atom. The number of benzene rings is 5. The van der Waals surface area contributed by atoms with Gasteiger partial charge in [0.2, 0.25) is 0 Å². The number of halogens is 1. The Morgan fingerprint density at radius 1 is 0.588 bits per heavy atom. The van der Waals surface area contributed by atoms with Gasteiger partial charge in [0.25, 0.3) is 0 Å². The molecule has 1 aromatic heterocycles. The van der Waals surface area contributed by atoms with Crippen molar-refractivity contribution in [2.45, 2.75) is 15.2 Å². The fourth-order valence-electron chi connectivity index (χ4n) is 6.29. The Labute approximate surface area is 206 Å². The van der Waals surface area contributed by atoms with Crippen LogP contribution in [0.5, 0.6) is 0 Å². The van der Waals surface area contributed by atoms with Crippen LogP contribution in [0.25, 0.3) is 27.5 Å². The quantitative estimate of drug-likeness (QED) is 0.214. The van der Waals surface area contributed by atoms with Gasteiger partial charge in [0, 0.05) is 25.6 Å². The topological polar surface area (TPSA) is 4.93 Å². The Morgan fingerprint density at radius 3 is 2.03 bits per heavy atom. The predicted molar refractivity (Wildman–Crippen MR) is 142 cm³/mol. The van der Waals surface area contributed by atoms with Crippen molar-refractivity contribution >= 4 is 45.2 Å². The molecule has 0 unspecified atom stereocenters. The van der Waals surface area contributed by atoms with E-state index in [1.54, 1.807) is 0 Å². The number of para-hydroxylation sites is 2. The van der Waals surface area contributed by atoms with Crippen molar-refractivity contribution in [2.24, 2.45) is 0 Å². The molecule has 8 rings (SSSR count). The highest BCUT2D eigenvalue weighted by Gasteiger charge is 2.49. The number of hydrogen-bond donors (Lipinski definition) is 0. The highest BCUT2D eigenvalue weighted by molar-refractivity contribution is 7.99. The summed E-state index contributed by atoms with van der Waals surface area (Å²) >= 11 is 8.61. The van der Waals surface area contributed by atoms with E-state index >= 15 is 0 Å². The molecule has 0 atom stereocenters. The maximum Gasteiger partial charge on any atom is 0.0764 e. The molecule has 1 nitrogen and oxygen atoms in total. The molecule has 6 aromatic rings. The number of rotatable bonds is 0. The summed E-state index contributed by atoms with van der Waals surface area (Å²) in [7, 11) is 0. The predicted octanol–water partition coefficient (Wildman–Crippen LogP) is 8.60. The second-order valence-corrected chi connectivity index (χ2v) is 10.6. The summed E-state index contributed by atoms with van der Waals surface area (Å²) in [6.45, 7) is 0. The van der Waals surface area contributed by atoms with Gasteiger partial charge in [-0.25, -0.2) is 0 Å². The summed E-state index contributed by atoms with van der Waals surface area (Å²) in [5, 5.41) is 3.34. The Balaban J connectivity index is 1.70. The molecule has 2 aliphatic rings. The highest BCUT2D eigenvalue weighted by atomic mass is 35.5. The van der Waals surface area contributed by atoms with E-state index in [1.165, 1.54) is 59.5 Å². The van der Waals surface area contributed by atoms with Gasteiger partial charge in [-0.2, -0.15) is 0 Å². The zero-order chi connectivity index (χ0) is 22.4. The maximum absolute atomic E-state index is 6.74. The van der Waals surface area contributed by atoms with Gasteiger partial charge in [-0.3, -0.25) is 0 Å². The van der Waals surface area contributed by atoms with Gasteiger partial charge in [-0.05, 0) is 58.7 Å². The van der Waals surface area contributed by atoms with E-state index in [2.05, 4.69) is 108 Å². The first-order valence-electron chi connectivity index (χ1n) is 11.5. The largest absolute Gasteiger partial charge is 0.309 e. The Hall–Kier alpha value is -3.46. The van der Waals surface area contributed by atoms with Crippen molar-refractivity contribution in [3.05, 3.63) is 136 Å². The fraction of sp³-hybridized carbons (Fsp3) is 0.0323. The third kappa shape index (κ3) is 2.14. The van der Waals surface area contributed by atoms with Gasteiger partial charge in [0.15, 0.2) is 0 Å². The summed E-state index contributed by atoms with van der Waals surface area (Å²) in [5.74, 6) is 0. The van der Waals surface area contributed by atoms with Crippen LogP contribution in [0.1, 0.15) is 22.3 Å². The molecule has 34 heavy (non-hydrogen) atoms. The summed E-state index contributed by atoms with van der Waals surface area (Å²) < 4.78 is 2.45. The van der Waals surface area contributed by atoms with Gasteiger partial charge in [0.1, 0.15) is 0 Å². The van der Waals surface area contributed by atoms with Crippen molar-refractivity contribution in [1.29, 1.82) is 0 Å². The first kappa shape index (κ1) is 18.9. The first-order chi connectivity index (χ1) is 16.8. The van der Waals surface area contributed by atoms with Gasteiger partial charge in [-0.15, -0.1) is 0 Å². The van der Waals surface area contributed by atoms with E-state index in [0.29, 0.717) is 0 Å². The molecule has 0 bridgehead atoms. The molecule has 1 spiro atoms. The normalized spacial score (nSPS) is 14.7. The van der Waals surface area contributed by atoms with Crippen LogP contribution >= 0.6 is 23.4 Å². The lowest BCUT2D eigenvalue weighted by molar-refractivity contribution is 0.689. The van der Waals surface area contributed by atoms with Gasteiger partial charge >= 0.3 is 0 Å². The average Bonchev–Trinajstić information content (AvgIpc) is 3.22. The SMILES string of the molecule is Clc1ccc2c(c1)C1(c3ccccc3Sc3ccccc31)c1cccc3c4ccccc4n-2c13. The molecule has 0 N–H and O–H groups in total. The Kier molecular flexibility index (Phi) is 3.65. The van der Waals surface area contributed by atoms with Crippen LogP contribution in [-0.2, 0) is 5.41 Å². The van der Waals surface area contributed by atoms with Crippen LogP contribution < -0.4 is 0 Å². The average molecular weight is 472 g/mol. The number of aromatic nitrogens is 1. The minimum absolute atomic E-state index is 0.442. The monoisotopic (exact) mass is 471 g/mol. The summed E-state index contributed by atoms with van der Waals surface area (Å²) in [6, 6.07) is 39.7. The van der Waals surface area contributed by atoms with Crippen molar-refractivity contribution in [3.8, 4) is 5.69 Å². The first-order valence-corrected chi connectivity index (χ1v) is 12.7. The number of nitrogens with zero attached hydrogens (tertiary/aromatic N) is 1. The lowest BCUT2D eigenvalue weighted by atomic mass is 9.63. The maximum atomic E-state index is 6.74. The molecular formula is C31H18ClNS. The molecule has 2 aliphatic heterocycles. The van der Waals surface area contributed by atoms with Crippen molar-refractivity contribution in [3.63, 3.8) is 0 Å². The van der Waals surface area contributed by atoms with E-state index in [-0.39, 0.29) is 0 Å². The van der Waals surface area contributed by atoms with Crippen LogP contribution in [0.4, 0.5) is 0 Å². The van der Waals surface area contributed by atoms with Gasteiger partial charge < -0.3 is 4.57 Å². The summed E-state index contributed by atoms with van der Waals surface area (Å²) in [6.07, 6.45) is 0. The zero-order valence-electron chi connectivity index (χ0n) is 18.1. The van der Waals surface area contributed by atoms with Crippen LogP contribution in [0.15, 0.2) is 119 Å². The molecule has 0 aliphatic carbocycles. The lowest BCUT2D eigenvalue weighted by Crippen LogP contribution is -2.37. The molecule has 0 radical (unpaired) electrons. The third-order valence-electron chi connectivity index (χ3n) is 7.50. The summed E-state index contributed by atoms with van der Waals surface area (Å²) in [5.41, 5.74) is 8.48. The van der Waals surface area contributed by atoms with E-state index < -0.39 is 5.41 Å². The van der Waals surface area contributed by atoms with E-state index in [4.69, 9.17) is 11.6 Å². The smallest absolute Gasteiger partial charge is 0.0764 e. The Bertz CT molecular complexity index is 1770. The minimum Gasteiger partial charge on any atom is -0.309 e. The van der Waals surface area contributed by atoms with E-state index in [9.17, 15) is 0 Å². The molecule has 5 aromatic carbocycles. The van der Waals surface area contributed by atoms with Crippen molar-refractivity contribution in [1.82, 2.24) is 4.57 Å². The van der Waals surface area contributed by atoms with Gasteiger partial charge in [-0.1, -0.05) is 96.2 Å². The standard InChI is InChI=1S/C31H18ClNS/c32-19-16-17-27-25(18-19)31(22-10-2-5-14-28(22)34-29-15-6-3-11-23(29)31)24-12-7-9-21-20-8-1-4-13-26(20)33(27)30(21)24/h1-18H. The fourth-order valence-corrected chi connectivity index (χ4v) is 7.66. The van der Waals surface area contributed by atoms with E-state index in [0.717, 1.165) is 5.02 Å². The molecule has 0 amide bonds. The van der Waals surface area contributed by atoms with Crippen LogP contribution in [-0.4, -0.2) is 4.57 Å². The van der Waals surface area contributed by atoms with Crippen LogP contribution in [0.2, 0.25) is 5.02 Å². The van der Waals surface area contributed by atoms with Gasteiger partial charge in [0.05, 0.1) is 22.1 Å². The molecule has 0 saturated carbocycles. The molecule has 160 valence electrons. The zero-order valence-corrected chi connectivity index (χ0v) is 19.7. The van der Waals surface area contributed by atoms with Crippen LogP contribution in [0.3, 0.4) is 0 Å². The van der Waals surface area contributed by atoms with Crippen LogP contribution in [0, 0.1) is 0 Å². The molecule has 0 fully saturated rings. The second kappa shape index (κ2) is 6.56. The lowest BCUT2D eigenvalue weighted by Gasteiger charge is -2.45. The molecule has 3 heteroatoms. The summed E-state index contributed by atoms with van der Waals surface area (Å²) in [4.78, 5) is 2.60. The molecular weight excluding hydrogens is 454 g/mol. The third-order valence-corrected chi connectivity index (χ3v) is 8.89. The minimum atomic E-state index is -0.442. The number of fused-ring (bicyclic) bond motifs is 11. The van der Waals surface area contributed by atoms with E-state index in [1.807, 2.05) is 17.8 Å². The highest BCUT2D eigenvalue weighted by Crippen LogP contribution is 2.60. The molecule has 0 saturated heterocycles.